The van der Waals surface area contributed by atoms with E-state index in [0.717, 1.165) is 24.4 Å². The fourth-order valence-electron chi connectivity index (χ4n) is 3.34. The van der Waals surface area contributed by atoms with Gasteiger partial charge in [-0.3, -0.25) is 19.3 Å². The number of nitrogens with zero attached hydrogens (tertiary/aromatic N) is 4. The van der Waals surface area contributed by atoms with E-state index in [0.29, 0.717) is 0 Å². The summed E-state index contributed by atoms with van der Waals surface area (Å²) in [6.07, 6.45) is -1.07. The molecule has 1 aromatic carbocycles. The fraction of sp³-hybridized carbons (Fsp3) is 0.200. The van der Waals surface area contributed by atoms with Crippen LogP contribution in [0.1, 0.15) is 39.4 Å². The van der Waals surface area contributed by atoms with Crippen molar-refractivity contribution in [3.05, 3.63) is 71.6 Å². The number of amides is 2. The van der Waals surface area contributed by atoms with Crippen LogP contribution in [0.3, 0.4) is 0 Å². The second-order valence-electron chi connectivity index (χ2n) is 7.01. The molecule has 0 saturated heterocycles. The van der Waals surface area contributed by atoms with E-state index in [9.17, 15) is 27.2 Å². The van der Waals surface area contributed by atoms with Crippen LogP contribution in [0.5, 0.6) is 0 Å². The van der Waals surface area contributed by atoms with Gasteiger partial charge >= 0.3 is 6.18 Å². The standard InChI is InChI=1S/C20H15F4N5O2/c1-11-10-28(15-4-2-13(3-5-15)20(22,23)24)19(31)17-16(9-26-29(11)17)27-18(30)12-6-14(21)8-25-7-12/h2-9,11H,10H2,1H3,(H,27,30)/t11-/m0/s1. The number of anilines is 2. The summed E-state index contributed by atoms with van der Waals surface area (Å²) >= 11 is 0. The van der Waals surface area contributed by atoms with E-state index in [1.165, 1.54) is 34.1 Å². The SMILES string of the molecule is C[C@H]1CN(c2ccc(C(F)(F)F)cc2)C(=O)c2c(NC(=O)c3cncc(F)c3)cnn21. The van der Waals surface area contributed by atoms with Gasteiger partial charge in [0.2, 0.25) is 0 Å². The molecule has 0 fully saturated rings. The molecule has 2 amide bonds. The third-order valence-electron chi connectivity index (χ3n) is 4.83. The van der Waals surface area contributed by atoms with E-state index < -0.39 is 29.4 Å². The third-order valence-corrected chi connectivity index (χ3v) is 4.83. The number of aromatic nitrogens is 3. The first-order chi connectivity index (χ1) is 14.6. The Morgan fingerprint density at radius 1 is 1.16 bits per heavy atom. The van der Waals surface area contributed by atoms with Crippen molar-refractivity contribution >= 4 is 23.2 Å². The molecule has 0 unspecified atom stereocenters. The van der Waals surface area contributed by atoms with Crippen LogP contribution in [0.2, 0.25) is 0 Å². The zero-order valence-electron chi connectivity index (χ0n) is 16.0. The van der Waals surface area contributed by atoms with Gasteiger partial charge in [0.1, 0.15) is 5.82 Å². The third kappa shape index (κ3) is 3.86. The number of hydrogen-bond acceptors (Lipinski definition) is 4. The molecular weight excluding hydrogens is 418 g/mol. The van der Waals surface area contributed by atoms with Crippen LogP contribution >= 0.6 is 0 Å². The predicted molar refractivity (Wildman–Crippen MR) is 102 cm³/mol. The molecule has 1 aliphatic rings. The van der Waals surface area contributed by atoms with Gasteiger partial charge in [0, 0.05) is 18.4 Å². The summed E-state index contributed by atoms with van der Waals surface area (Å²) in [6.45, 7) is 1.96. The van der Waals surface area contributed by atoms with Gasteiger partial charge in [0.25, 0.3) is 11.8 Å². The quantitative estimate of drug-likeness (QED) is 0.636. The Labute approximate surface area is 173 Å². The fourth-order valence-corrected chi connectivity index (χ4v) is 3.34. The summed E-state index contributed by atoms with van der Waals surface area (Å²) in [5.74, 6) is -1.92. The number of hydrogen-bond donors (Lipinski definition) is 1. The van der Waals surface area contributed by atoms with Gasteiger partial charge in [-0.1, -0.05) is 0 Å². The van der Waals surface area contributed by atoms with Gasteiger partial charge in [-0.15, -0.1) is 0 Å². The lowest BCUT2D eigenvalue weighted by Crippen LogP contribution is -2.43. The Balaban J connectivity index is 1.63. The van der Waals surface area contributed by atoms with E-state index in [4.69, 9.17) is 0 Å². The van der Waals surface area contributed by atoms with E-state index in [-0.39, 0.29) is 35.2 Å². The normalized spacial score (nSPS) is 16.2. The van der Waals surface area contributed by atoms with E-state index in [1.54, 1.807) is 6.92 Å². The van der Waals surface area contributed by atoms with E-state index in [2.05, 4.69) is 15.4 Å². The van der Waals surface area contributed by atoms with Gasteiger partial charge in [0.05, 0.1) is 35.2 Å². The highest BCUT2D eigenvalue weighted by atomic mass is 19.4. The minimum Gasteiger partial charge on any atom is -0.319 e. The number of nitrogens with one attached hydrogen (secondary N) is 1. The molecule has 2 aromatic heterocycles. The van der Waals surface area contributed by atoms with Crippen LogP contribution in [0.4, 0.5) is 28.9 Å². The van der Waals surface area contributed by atoms with Gasteiger partial charge in [-0.05, 0) is 37.3 Å². The zero-order chi connectivity index (χ0) is 22.3. The van der Waals surface area contributed by atoms with Crippen molar-refractivity contribution in [1.29, 1.82) is 0 Å². The van der Waals surface area contributed by atoms with Crippen LogP contribution in [0.25, 0.3) is 0 Å². The Morgan fingerprint density at radius 3 is 2.52 bits per heavy atom. The molecule has 0 saturated carbocycles. The number of halogens is 4. The smallest absolute Gasteiger partial charge is 0.319 e. The summed E-state index contributed by atoms with van der Waals surface area (Å²) in [7, 11) is 0. The lowest BCUT2D eigenvalue weighted by molar-refractivity contribution is -0.137. The van der Waals surface area contributed by atoms with Crippen molar-refractivity contribution in [3.63, 3.8) is 0 Å². The highest BCUT2D eigenvalue weighted by Crippen LogP contribution is 2.33. The van der Waals surface area contributed by atoms with Crippen LogP contribution in [-0.2, 0) is 6.18 Å². The highest BCUT2D eigenvalue weighted by molar-refractivity contribution is 6.13. The summed E-state index contributed by atoms with van der Waals surface area (Å²) in [4.78, 5) is 30.5. The molecule has 1 N–H and O–H groups in total. The highest BCUT2D eigenvalue weighted by Gasteiger charge is 2.35. The molecule has 3 aromatic rings. The Hall–Kier alpha value is -3.76. The van der Waals surface area contributed by atoms with Gasteiger partial charge in [-0.2, -0.15) is 18.3 Å². The van der Waals surface area contributed by atoms with Crippen molar-refractivity contribution in [2.24, 2.45) is 0 Å². The number of benzene rings is 1. The minimum atomic E-state index is -4.49. The first kappa shape index (κ1) is 20.5. The summed E-state index contributed by atoms with van der Waals surface area (Å²) in [6, 6.07) is 4.93. The number of fused-ring (bicyclic) bond motifs is 1. The Bertz CT molecular complexity index is 1160. The average molecular weight is 433 g/mol. The molecule has 4 rings (SSSR count). The number of rotatable bonds is 3. The second-order valence-corrected chi connectivity index (χ2v) is 7.01. The van der Waals surface area contributed by atoms with Gasteiger partial charge in [-0.25, -0.2) is 4.39 Å². The van der Waals surface area contributed by atoms with Crippen LogP contribution in [-0.4, -0.2) is 33.1 Å². The number of pyridine rings is 1. The molecule has 0 aliphatic carbocycles. The van der Waals surface area contributed by atoms with E-state index in [1.807, 2.05) is 0 Å². The topological polar surface area (TPSA) is 80.1 Å². The van der Waals surface area contributed by atoms with E-state index >= 15 is 0 Å². The van der Waals surface area contributed by atoms with Crippen molar-refractivity contribution in [1.82, 2.24) is 14.8 Å². The molecule has 0 spiro atoms. The second kappa shape index (κ2) is 7.49. The predicted octanol–water partition coefficient (Wildman–Crippen LogP) is 3.91. The molecule has 7 nitrogen and oxygen atoms in total. The lowest BCUT2D eigenvalue weighted by Gasteiger charge is -2.32. The average Bonchev–Trinajstić information content (AvgIpc) is 3.14. The molecule has 1 aliphatic heterocycles. The lowest BCUT2D eigenvalue weighted by atomic mass is 10.1. The monoisotopic (exact) mass is 433 g/mol. The van der Waals surface area contributed by atoms with Crippen LogP contribution in [0, 0.1) is 5.82 Å². The molecule has 0 bridgehead atoms. The van der Waals surface area contributed by atoms with Gasteiger partial charge < -0.3 is 10.2 Å². The maximum absolute atomic E-state index is 13.3. The van der Waals surface area contributed by atoms with Crippen molar-refractivity contribution in [2.75, 3.05) is 16.8 Å². The molecular formula is C20H15F4N5O2. The minimum absolute atomic E-state index is 0.0455. The summed E-state index contributed by atoms with van der Waals surface area (Å²) in [5, 5.41) is 6.66. The maximum Gasteiger partial charge on any atom is 0.416 e. The molecule has 0 radical (unpaired) electrons. The first-order valence-electron chi connectivity index (χ1n) is 9.13. The Morgan fingerprint density at radius 2 is 1.87 bits per heavy atom. The summed E-state index contributed by atoms with van der Waals surface area (Å²) in [5.41, 5.74) is -0.422. The zero-order valence-corrected chi connectivity index (χ0v) is 16.0. The number of carbonyl (C=O) groups is 2. The number of alkyl halides is 3. The molecule has 1 atom stereocenters. The van der Waals surface area contributed by atoms with Crippen LogP contribution in [0.15, 0.2) is 48.9 Å². The van der Waals surface area contributed by atoms with Gasteiger partial charge in [0.15, 0.2) is 5.69 Å². The van der Waals surface area contributed by atoms with Crippen molar-refractivity contribution < 1.29 is 27.2 Å². The number of carbonyl (C=O) groups excluding carboxylic acids is 2. The maximum atomic E-state index is 13.3. The van der Waals surface area contributed by atoms with Crippen molar-refractivity contribution in [2.45, 2.75) is 19.1 Å². The van der Waals surface area contributed by atoms with Crippen LogP contribution < -0.4 is 10.2 Å². The molecule has 3 heterocycles. The summed E-state index contributed by atoms with van der Waals surface area (Å²) < 4.78 is 53.3. The molecule has 11 heteroatoms. The molecule has 160 valence electrons. The Kier molecular flexibility index (Phi) is 4.96. The van der Waals surface area contributed by atoms with Crippen molar-refractivity contribution in [3.8, 4) is 0 Å². The first-order valence-corrected chi connectivity index (χ1v) is 9.13. The largest absolute Gasteiger partial charge is 0.416 e. The molecule has 31 heavy (non-hydrogen) atoms.